The number of carbonyl (C=O) groups excluding carboxylic acids is 1. The lowest BCUT2D eigenvalue weighted by atomic mass is 10.2. The third-order valence-electron chi connectivity index (χ3n) is 4.48. The van der Waals surface area contributed by atoms with Gasteiger partial charge in [-0.15, -0.1) is 11.8 Å². The second-order valence-electron chi connectivity index (χ2n) is 6.76. The smallest absolute Gasteiger partial charge is 0.258 e. The van der Waals surface area contributed by atoms with Gasteiger partial charge in [0.15, 0.2) is 0 Å². The molecule has 154 valence electrons. The molecule has 4 aromatic rings. The third-order valence-corrected chi connectivity index (χ3v) is 5.56. The quantitative estimate of drug-likeness (QED) is 0.371. The number of hydrogen-bond acceptors (Lipinski definition) is 5. The molecule has 0 aliphatic carbocycles. The van der Waals surface area contributed by atoms with Crippen LogP contribution in [0.4, 0.5) is 5.69 Å². The van der Waals surface area contributed by atoms with Crippen molar-refractivity contribution in [1.29, 1.82) is 0 Å². The topological polar surface area (TPSA) is 64.1 Å². The molecule has 6 heteroatoms. The summed E-state index contributed by atoms with van der Waals surface area (Å²) < 4.78 is 5.86. The van der Waals surface area contributed by atoms with E-state index < -0.39 is 0 Å². The van der Waals surface area contributed by atoms with Gasteiger partial charge in [-0.3, -0.25) is 9.78 Å². The summed E-state index contributed by atoms with van der Waals surface area (Å²) in [5, 5.41) is 3.64. The van der Waals surface area contributed by atoms with Crippen LogP contribution in [0.3, 0.4) is 0 Å². The molecule has 0 aliphatic heterocycles. The number of nitrogens with zero attached hydrogens (tertiary/aromatic N) is 2. The highest BCUT2D eigenvalue weighted by Crippen LogP contribution is 2.25. The number of nitrogens with one attached hydrogen (secondary N) is 1. The molecular weight excluding hydrogens is 406 g/mol. The van der Waals surface area contributed by atoms with E-state index in [4.69, 9.17) is 4.74 Å². The number of hydrogen-bond donors (Lipinski definition) is 1. The molecule has 0 spiro atoms. The Morgan fingerprint density at radius 2 is 1.71 bits per heavy atom. The zero-order valence-corrected chi connectivity index (χ0v) is 17.6. The minimum Gasteiger partial charge on any atom is -0.489 e. The van der Waals surface area contributed by atoms with Gasteiger partial charge < -0.3 is 10.1 Å². The molecule has 2 aromatic carbocycles. The predicted molar refractivity (Wildman–Crippen MR) is 123 cm³/mol. The van der Waals surface area contributed by atoms with Crippen LogP contribution in [0.5, 0.6) is 5.75 Å². The molecule has 31 heavy (non-hydrogen) atoms. The molecule has 1 amide bonds. The van der Waals surface area contributed by atoms with Crippen molar-refractivity contribution in [3.8, 4) is 5.75 Å². The van der Waals surface area contributed by atoms with Crippen LogP contribution in [-0.2, 0) is 12.4 Å². The Kier molecular flexibility index (Phi) is 6.92. The Bertz CT molecular complexity index is 1140. The summed E-state index contributed by atoms with van der Waals surface area (Å²) in [6, 6.07) is 24.8. The first-order chi connectivity index (χ1) is 15.3. The number of carbonyl (C=O) groups is 1. The van der Waals surface area contributed by atoms with Crippen LogP contribution < -0.4 is 10.1 Å². The molecule has 0 aliphatic rings. The van der Waals surface area contributed by atoms with Crippen LogP contribution in [0.1, 0.15) is 21.5 Å². The minimum absolute atomic E-state index is 0.203. The SMILES string of the molecule is O=C(Nc1cccc(OCc2ccccc2)c1)c1cccnc1SCc1ccncc1. The van der Waals surface area contributed by atoms with Gasteiger partial charge in [0.25, 0.3) is 5.91 Å². The molecule has 0 saturated heterocycles. The molecule has 4 rings (SSSR count). The first-order valence-electron chi connectivity index (χ1n) is 9.83. The molecule has 0 radical (unpaired) electrons. The van der Waals surface area contributed by atoms with Crippen LogP contribution in [0.15, 0.2) is 102 Å². The highest BCUT2D eigenvalue weighted by molar-refractivity contribution is 7.98. The highest BCUT2D eigenvalue weighted by Gasteiger charge is 2.13. The van der Waals surface area contributed by atoms with E-state index in [0.717, 1.165) is 11.1 Å². The largest absolute Gasteiger partial charge is 0.489 e. The molecule has 2 heterocycles. The maximum Gasteiger partial charge on any atom is 0.258 e. The summed E-state index contributed by atoms with van der Waals surface area (Å²) in [4.78, 5) is 21.4. The van der Waals surface area contributed by atoms with Crippen LogP contribution in [-0.4, -0.2) is 15.9 Å². The fourth-order valence-corrected chi connectivity index (χ4v) is 3.86. The summed E-state index contributed by atoms with van der Waals surface area (Å²) in [6.45, 7) is 0.469. The number of rotatable bonds is 8. The Morgan fingerprint density at radius 3 is 2.55 bits per heavy atom. The number of thioether (sulfide) groups is 1. The van der Waals surface area contributed by atoms with Gasteiger partial charge in [0.05, 0.1) is 5.56 Å². The van der Waals surface area contributed by atoms with Gasteiger partial charge in [0.1, 0.15) is 17.4 Å². The van der Waals surface area contributed by atoms with Crippen LogP contribution in [0.25, 0.3) is 0 Å². The lowest BCUT2D eigenvalue weighted by Gasteiger charge is -2.11. The zero-order valence-electron chi connectivity index (χ0n) is 16.8. The van der Waals surface area contributed by atoms with Crippen LogP contribution >= 0.6 is 11.8 Å². The average Bonchev–Trinajstić information content (AvgIpc) is 2.83. The van der Waals surface area contributed by atoms with Crippen molar-refractivity contribution in [2.45, 2.75) is 17.4 Å². The lowest BCUT2D eigenvalue weighted by molar-refractivity contribution is 0.102. The average molecular weight is 428 g/mol. The first kappa shape index (κ1) is 20.6. The van der Waals surface area contributed by atoms with Crippen molar-refractivity contribution in [1.82, 2.24) is 9.97 Å². The highest BCUT2D eigenvalue weighted by atomic mass is 32.2. The van der Waals surface area contributed by atoms with E-state index in [2.05, 4.69) is 15.3 Å². The zero-order chi connectivity index (χ0) is 21.3. The van der Waals surface area contributed by atoms with Crippen LogP contribution in [0.2, 0.25) is 0 Å². The van der Waals surface area contributed by atoms with E-state index >= 15 is 0 Å². The summed E-state index contributed by atoms with van der Waals surface area (Å²) in [7, 11) is 0. The Labute approximate surface area is 185 Å². The first-order valence-corrected chi connectivity index (χ1v) is 10.8. The number of aromatic nitrogens is 2. The maximum absolute atomic E-state index is 12.9. The van der Waals surface area contributed by atoms with Crippen molar-refractivity contribution in [3.63, 3.8) is 0 Å². The molecule has 0 fully saturated rings. The van der Waals surface area contributed by atoms with Gasteiger partial charge in [-0.05, 0) is 47.5 Å². The van der Waals surface area contributed by atoms with Crippen molar-refractivity contribution < 1.29 is 9.53 Å². The fourth-order valence-electron chi connectivity index (χ4n) is 2.91. The van der Waals surface area contributed by atoms with E-state index in [0.29, 0.717) is 34.4 Å². The van der Waals surface area contributed by atoms with Crippen molar-refractivity contribution >= 4 is 23.4 Å². The second-order valence-corrected chi connectivity index (χ2v) is 7.72. The van der Waals surface area contributed by atoms with E-state index in [-0.39, 0.29) is 5.91 Å². The Hall–Kier alpha value is -3.64. The molecule has 0 atom stereocenters. The van der Waals surface area contributed by atoms with Gasteiger partial charge in [-0.25, -0.2) is 4.98 Å². The van der Waals surface area contributed by atoms with Gasteiger partial charge in [-0.1, -0.05) is 36.4 Å². The normalized spacial score (nSPS) is 10.5. The van der Waals surface area contributed by atoms with Crippen molar-refractivity contribution in [3.05, 3.63) is 114 Å². The third kappa shape index (κ3) is 5.93. The summed E-state index contributed by atoms with van der Waals surface area (Å²) in [6.07, 6.45) is 5.22. The molecular formula is C25H21N3O2S. The monoisotopic (exact) mass is 427 g/mol. The summed E-state index contributed by atoms with van der Waals surface area (Å²) in [5.74, 6) is 1.20. The summed E-state index contributed by atoms with van der Waals surface area (Å²) in [5.41, 5.74) is 3.42. The van der Waals surface area contributed by atoms with Gasteiger partial charge in [-0.2, -0.15) is 0 Å². The Morgan fingerprint density at radius 1 is 0.871 bits per heavy atom. The standard InChI is InChI=1S/C25H21N3O2S/c29-24(23-10-5-13-27-25(23)31-18-20-11-14-26-15-12-20)28-21-8-4-9-22(16-21)30-17-19-6-2-1-3-7-19/h1-16H,17-18H2,(H,28,29). The van der Waals surface area contributed by atoms with E-state index in [9.17, 15) is 4.79 Å². The van der Waals surface area contributed by atoms with E-state index in [1.807, 2.05) is 66.7 Å². The number of pyridine rings is 2. The minimum atomic E-state index is -0.203. The van der Waals surface area contributed by atoms with Crippen molar-refractivity contribution in [2.75, 3.05) is 5.32 Å². The molecule has 0 unspecified atom stereocenters. The van der Waals surface area contributed by atoms with Crippen molar-refractivity contribution in [2.24, 2.45) is 0 Å². The number of anilines is 1. The van der Waals surface area contributed by atoms with Gasteiger partial charge in [0, 0.05) is 36.1 Å². The molecule has 0 saturated carbocycles. The molecule has 0 bridgehead atoms. The Balaban J connectivity index is 1.41. The molecule has 5 nitrogen and oxygen atoms in total. The van der Waals surface area contributed by atoms with Crippen LogP contribution in [0, 0.1) is 0 Å². The lowest BCUT2D eigenvalue weighted by Crippen LogP contribution is -2.13. The van der Waals surface area contributed by atoms with Gasteiger partial charge >= 0.3 is 0 Å². The number of benzene rings is 2. The number of amides is 1. The fraction of sp³-hybridized carbons (Fsp3) is 0.0800. The van der Waals surface area contributed by atoms with E-state index in [1.54, 1.807) is 30.7 Å². The maximum atomic E-state index is 12.9. The van der Waals surface area contributed by atoms with Gasteiger partial charge in [0.2, 0.25) is 0 Å². The molecule has 1 N–H and O–H groups in total. The molecule has 2 aromatic heterocycles. The summed E-state index contributed by atoms with van der Waals surface area (Å²) >= 11 is 1.52. The number of ether oxygens (including phenoxy) is 1. The predicted octanol–water partition coefficient (Wildman–Crippen LogP) is 5.60. The second kappa shape index (κ2) is 10.4. The van der Waals surface area contributed by atoms with E-state index in [1.165, 1.54) is 11.8 Å².